The summed E-state index contributed by atoms with van der Waals surface area (Å²) in [5.74, 6) is 0.933. The molecule has 1 atom stereocenters. The quantitative estimate of drug-likeness (QED) is 0.673. The molecule has 146 valence electrons. The molecule has 1 N–H and O–H groups in total. The number of piperidine rings is 1. The zero-order chi connectivity index (χ0) is 18.2. The molecule has 3 rings (SSSR count). The van der Waals surface area contributed by atoms with Crippen molar-refractivity contribution >= 4 is 30.1 Å². The number of carbonyl (C=O) groups is 1. The van der Waals surface area contributed by atoms with Crippen LogP contribution in [-0.4, -0.2) is 37.0 Å². The molecule has 1 fully saturated rings. The van der Waals surface area contributed by atoms with E-state index in [1.54, 1.807) is 11.8 Å². The predicted octanol–water partition coefficient (Wildman–Crippen LogP) is 4.79. The SMILES string of the molecule is CCNCC1CCN(C(=O)C(Sc2ccccc2)c2ccccc2)CC1.Cl. The molecule has 1 aliphatic heterocycles. The number of hydrogen-bond donors (Lipinski definition) is 1. The van der Waals surface area contributed by atoms with E-state index in [9.17, 15) is 4.79 Å². The van der Waals surface area contributed by atoms with Gasteiger partial charge in [0.25, 0.3) is 0 Å². The van der Waals surface area contributed by atoms with Crippen molar-refractivity contribution in [3.63, 3.8) is 0 Å². The summed E-state index contributed by atoms with van der Waals surface area (Å²) in [6.45, 7) is 5.97. The lowest BCUT2D eigenvalue weighted by Gasteiger charge is -2.34. The van der Waals surface area contributed by atoms with Crippen LogP contribution in [0, 0.1) is 5.92 Å². The van der Waals surface area contributed by atoms with Gasteiger partial charge < -0.3 is 10.2 Å². The van der Waals surface area contributed by atoms with Crippen LogP contribution in [0.15, 0.2) is 65.6 Å². The van der Waals surface area contributed by atoms with Crippen molar-refractivity contribution in [2.24, 2.45) is 5.92 Å². The highest BCUT2D eigenvalue weighted by Gasteiger charge is 2.29. The smallest absolute Gasteiger partial charge is 0.240 e. The van der Waals surface area contributed by atoms with Crippen LogP contribution >= 0.6 is 24.2 Å². The van der Waals surface area contributed by atoms with Crippen molar-refractivity contribution in [1.29, 1.82) is 0 Å². The number of likely N-dealkylation sites (tertiary alicyclic amines) is 1. The molecular weight excluding hydrogens is 376 g/mol. The highest BCUT2D eigenvalue weighted by atomic mass is 35.5. The Kier molecular flexibility index (Phi) is 9.19. The number of rotatable bonds is 7. The number of amides is 1. The molecule has 0 aromatic heterocycles. The second-order valence-electron chi connectivity index (χ2n) is 6.80. The second-order valence-corrected chi connectivity index (χ2v) is 7.98. The predicted molar refractivity (Wildman–Crippen MR) is 117 cm³/mol. The number of benzene rings is 2. The lowest BCUT2D eigenvalue weighted by Crippen LogP contribution is -2.42. The Labute approximate surface area is 173 Å². The maximum atomic E-state index is 13.3. The van der Waals surface area contributed by atoms with Gasteiger partial charge in [-0.05, 0) is 49.5 Å². The molecule has 0 bridgehead atoms. The van der Waals surface area contributed by atoms with Gasteiger partial charge in [0.05, 0.1) is 0 Å². The average Bonchev–Trinajstić information content (AvgIpc) is 2.72. The van der Waals surface area contributed by atoms with Gasteiger partial charge in [-0.1, -0.05) is 55.5 Å². The molecule has 1 heterocycles. The van der Waals surface area contributed by atoms with Crippen molar-refractivity contribution in [2.75, 3.05) is 26.2 Å². The van der Waals surface area contributed by atoms with Gasteiger partial charge in [0.2, 0.25) is 5.91 Å². The van der Waals surface area contributed by atoms with E-state index in [4.69, 9.17) is 0 Å². The highest BCUT2D eigenvalue weighted by molar-refractivity contribution is 8.00. The van der Waals surface area contributed by atoms with Crippen molar-refractivity contribution in [3.05, 3.63) is 66.2 Å². The maximum absolute atomic E-state index is 13.3. The van der Waals surface area contributed by atoms with Crippen molar-refractivity contribution < 1.29 is 4.79 Å². The summed E-state index contributed by atoms with van der Waals surface area (Å²) in [4.78, 5) is 16.5. The molecule has 1 amide bonds. The number of hydrogen-bond acceptors (Lipinski definition) is 3. The van der Waals surface area contributed by atoms with Gasteiger partial charge in [0, 0.05) is 18.0 Å². The molecule has 1 aliphatic rings. The molecule has 1 unspecified atom stereocenters. The average molecular weight is 405 g/mol. The van der Waals surface area contributed by atoms with Crippen molar-refractivity contribution in [1.82, 2.24) is 10.2 Å². The molecule has 5 heteroatoms. The summed E-state index contributed by atoms with van der Waals surface area (Å²) >= 11 is 1.65. The van der Waals surface area contributed by atoms with Gasteiger partial charge in [0.15, 0.2) is 0 Å². The number of carbonyl (C=O) groups excluding carboxylic acids is 1. The Morgan fingerprint density at radius 2 is 1.67 bits per heavy atom. The molecule has 0 aliphatic carbocycles. The third kappa shape index (κ3) is 6.27. The Morgan fingerprint density at radius 1 is 1.07 bits per heavy atom. The summed E-state index contributed by atoms with van der Waals surface area (Å²) in [7, 11) is 0. The van der Waals surface area contributed by atoms with Gasteiger partial charge in [0.1, 0.15) is 5.25 Å². The number of halogens is 1. The molecule has 0 radical (unpaired) electrons. The van der Waals surface area contributed by atoms with Crippen LogP contribution in [0.25, 0.3) is 0 Å². The number of nitrogens with one attached hydrogen (secondary N) is 1. The fourth-order valence-electron chi connectivity index (χ4n) is 3.40. The monoisotopic (exact) mass is 404 g/mol. The van der Waals surface area contributed by atoms with E-state index in [0.717, 1.165) is 49.5 Å². The summed E-state index contributed by atoms with van der Waals surface area (Å²) in [5, 5.41) is 3.26. The van der Waals surface area contributed by atoms with Crippen LogP contribution in [0.3, 0.4) is 0 Å². The van der Waals surface area contributed by atoms with E-state index in [2.05, 4.69) is 41.4 Å². The number of nitrogens with zero attached hydrogens (tertiary/aromatic N) is 1. The fraction of sp³-hybridized carbons (Fsp3) is 0.409. The molecule has 2 aromatic carbocycles. The Morgan fingerprint density at radius 3 is 2.26 bits per heavy atom. The largest absolute Gasteiger partial charge is 0.341 e. The first-order valence-corrected chi connectivity index (χ1v) is 10.4. The Hall–Kier alpha value is -1.49. The molecule has 0 spiro atoms. The first kappa shape index (κ1) is 21.8. The van der Waals surface area contributed by atoms with Gasteiger partial charge in [-0.3, -0.25) is 4.79 Å². The van der Waals surface area contributed by atoms with E-state index in [1.165, 1.54) is 0 Å². The van der Waals surface area contributed by atoms with E-state index in [1.807, 2.05) is 36.4 Å². The Bertz CT molecular complexity index is 675. The van der Waals surface area contributed by atoms with Gasteiger partial charge in [-0.25, -0.2) is 0 Å². The van der Waals surface area contributed by atoms with Crippen molar-refractivity contribution in [2.45, 2.75) is 29.9 Å². The lowest BCUT2D eigenvalue weighted by molar-refractivity contribution is -0.132. The standard InChI is InChI=1S/C22H28N2OS.ClH/c1-2-23-17-18-13-15-24(16-14-18)22(25)21(19-9-5-3-6-10-19)26-20-11-7-4-8-12-20;/h3-12,18,21,23H,2,13-17H2,1H3;1H. The van der Waals surface area contributed by atoms with E-state index in [0.29, 0.717) is 5.92 Å². The minimum atomic E-state index is -0.177. The molecule has 27 heavy (non-hydrogen) atoms. The molecule has 3 nitrogen and oxygen atoms in total. The second kappa shape index (κ2) is 11.4. The zero-order valence-electron chi connectivity index (χ0n) is 15.8. The molecule has 0 saturated carbocycles. The van der Waals surface area contributed by atoms with Crippen LogP contribution in [0.5, 0.6) is 0 Å². The minimum absolute atomic E-state index is 0. The molecule has 2 aromatic rings. The lowest BCUT2D eigenvalue weighted by atomic mass is 9.96. The zero-order valence-corrected chi connectivity index (χ0v) is 17.5. The van der Waals surface area contributed by atoms with Gasteiger partial charge in [-0.15, -0.1) is 24.2 Å². The third-order valence-corrected chi connectivity index (χ3v) is 6.19. The van der Waals surface area contributed by atoms with Crippen LogP contribution in [-0.2, 0) is 4.79 Å². The summed E-state index contributed by atoms with van der Waals surface area (Å²) in [6, 6.07) is 20.4. The molecule has 1 saturated heterocycles. The van der Waals surface area contributed by atoms with Crippen LogP contribution in [0.1, 0.15) is 30.6 Å². The fourth-order valence-corrected chi connectivity index (χ4v) is 4.53. The van der Waals surface area contributed by atoms with E-state index >= 15 is 0 Å². The summed E-state index contributed by atoms with van der Waals surface area (Å²) in [6.07, 6.45) is 2.19. The summed E-state index contributed by atoms with van der Waals surface area (Å²) < 4.78 is 0. The number of thioether (sulfide) groups is 1. The first-order valence-electron chi connectivity index (χ1n) is 9.54. The first-order chi connectivity index (χ1) is 12.8. The highest BCUT2D eigenvalue weighted by Crippen LogP contribution is 2.37. The third-order valence-electron chi connectivity index (χ3n) is 4.93. The maximum Gasteiger partial charge on any atom is 0.240 e. The summed E-state index contributed by atoms with van der Waals surface area (Å²) in [5.41, 5.74) is 1.08. The van der Waals surface area contributed by atoms with Crippen LogP contribution in [0.2, 0.25) is 0 Å². The normalized spacial score (nSPS) is 15.8. The topological polar surface area (TPSA) is 32.3 Å². The van der Waals surface area contributed by atoms with Crippen LogP contribution in [0.4, 0.5) is 0 Å². The minimum Gasteiger partial charge on any atom is -0.341 e. The Balaban J connectivity index is 0.00000261. The van der Waals surface area contributed by atoms with Gasteiger partial charge >= 0.3 is 0 Å². The van der Waals surface area contributed by atoms with Gasteiger partial charge in [-0.2, -0.15) is 0 Å². The van der Waals surface area contributed by atoms with E-state index < -0.39 is 0 Å². The van der Waals surface area contributed by atoms with Crippen LogP contribution < -0.4 is 5.32 Å². The van der Waals surface area contributed by atoms with Crippen molar-refractivity contribution in [3.8, 4) is 0 Å². The van der Waals surface area contributed by atoms with E-state index in [-0.39, 0.29) is 23.6 Å². The molecular formula is C22H29ClN2OS.